The summed E-state index contributed by atoms with van der Waals surface area (Å²) >= 11 is 0. The smallest absolute Gasteiger partial charge is 0.314 e. The standard InChI is InChI=1S/C12H17F2NO4Si/c1-8(7-18-20(2,3)4)19-12-10(15(16)17)6-5-9(13)11(12)14/h5-6,8H,7H2,1-4H3. The highest BCUT2D eigenvalue weighted by molar-refractivity contribution is 6.69. The molecule has 0 aliphatic heterocycles. The van der Waals surface area contributed by atoms with E-state index in [1.807, 2.05) is 19.6 Å². The zero-order chi connectivity index (χ0) is 15.5. The van der Waals surface area contributed by atoms with E-state index in [4.69, 9.17) is 9.16 Å². The van der Waals surface area contributed by atoms with Gasteiger partial charge < -0.3 is 9.16 Å². The van der Waals surface area contributed by atoms with E-state index in [1.165, 1.54) is 0 Å². The van der Waals surface area contributed by atoms with E-state index in [2.05, 4.69) is 0 Å². The van der Waals surface area contributed by atoms with E-state index in [0.717, 1.165) is 6.07 Å². The molecule has 8 heteroatoms. The van der Waals surface area contributed by atoms with Crippen LogP contribution in [-0.4, -0.2) is 26.0 Å². The summed E-state index contributed by atoms with van der Waals surface area (Å²) in [7, 11) is -1.78. The minimum Gasteiger partial charge on any atom is -0.479 e. The number of rotatable bonds is 6. The Labute approximate surface area is 116 Å². The Hall–Kier alpha value is -1.54. The van der Waals surface area contributed by atoms with Crippen molar-refractivity contribution in [3.8, 4) is 5.75 Å². The lowest BCUT2D eigenvalue weighted by Crippen LogP contribution is -2.31. The van der Waals surface area contributed by atoms with E-state index < -0.39 is 42.4 Å². The van der Waals surface area contributed by atoms with Crippen LogP contribution in [-0.2, 0) is 4.43 Å². The van der Waals surface area contributed by atoms with Crippen LogP contribution in [0.15, 0.2) is 12.1 Å². The fourth-order valence-electron chi connectivity index (χ4n) is 1.38. The third kappa shape index (κ3) is 4.53. The number of nitro benzene ring substituents is 1. The summed E-state index contributed by atoms with van der Waals surface area (Å²) in [5.41, 5.74) is -0.608. The molecular formula is C12H17F2NO4Si. The number of ether oxygens (including phenoxy) is 1. The zero-order valence-electron chi connectivity index (χ0n) is 11.8. The Bertz CT molecular complexity index is 505. The minimum atomic E-state index is -1.78. The average molecular weight is 305 g/mol. The number of halogens is 2. The molecule has 20 heavy (non-hydrogen) atoms. The third-order valence-corrected chi connectivity index (χ3v) is 3.33. The van der Waals surface area contributed by atoms with Gasteiger partial charge in [-0.15, -0.1) is 0 Å². The molecule has 0 spiro atoms. The monoisotopic (exact) mass is 305 g/mol. The number of benzene rings is 1. The fraction of sp³-hybridized carbons (Fsp3) is 0.500. The lowest BCUT2D eigenvalue weighted by atomic mass is 10.2. The number of nitrogens with zero attached hydrogens (tertiary/aromatic N) is 1. The van der Waals surface area contributed by atoms with Crippen LogP contribution >= 0.6 is 0 Å². The molecule has 0 fully saturated rings. The second-order valence-electron chi connectivity index (χ2n) is 5.32. The highest BCUT2D eigenvalue weighted by Gasteiger charge is 2.25. The molecule has 5 nitrogen and oxygen atoms in total. The molecule has 0 saturated heterocycles. The Morgan fingerprint density at radius 3 is 2.45 bits per heavy atom. The van der Waals surface area contributed by atoms with Crippen molar-refractivity contribution in [3.05, 3.63) is 33.9 Å². The maximum atomic E-state index is 13.6. The first-order valence-electron chi connectivity index (χ1n) is 6.05. The predicted octanol–water partition coefficient (Wildman–Crippen LogP) is 3.49. The van der Waals surface area contributed by atoms with Gasteiger partial charge in [0.05, 0.1) is 11.5 Å². The van der Waals surface area contributed by atoms with Gasteiger partial charge in [-0.3, -0.25) is 10.1 Å². The van der Waals surface area contributed by atoms with Gasteiger partial charge in [0.1, 0.15) is 6.10 Å². The number of nitro groups is 1. The molecule has 0 N–H and O–H groups in total. The van der Waals surface area contributed by atoms with Crippen molar-refractivity contribution in [1.29, 1.82) is 0 Å². The molecule has 0 heterocycles. The van der Waals surface area contributed by atoms with E-state index in [9.17, 15) is 18.9 Å². The van der Waals surface area contributed by atoms with Gasteiger partial charge in [-0.05, 0) is 32.6 Å². The van der Waals surface area contributed by atoms with Crippen LogP contribution in [0.2, 0.25) is 19.6 Å². The third-order valence-electron chi connectivity index (χ3n) is 2.30. The van der Waals surface area contributed by atoms with Crippen molar-refractivity contribution < 1.29 is 22.9 Å². The summed E-state index contributed by atoms with van der Waals surface area (Å²) in [5.74, 6) is -3.25. The van der Waals surface area contributed by atoms with Gasteiger partial charge in [0.2, 0.25) is 11.6 Å². The van der Waals surface area contributed by atoms with E-state index in [1.54, 1.807) is 6.92 Å². The molecule has 1 atom stereocenters. The van der Waals surface area contributed by atoms with Gasteiger partial charge in [0, 0.05) is 6.07 Å². The molecule has 0 amide bonds. The highest BCUT2D eigenvalue weighted by atomic mass is 28.4. The molecule has 1 rings (SSSR count). The molecule has 1 unspecified atom stereocenters. The predicted molar refractivity (Wildman–Crippen MR) is 72.4 cm³/mol. The average Bonchev–Trinajstić information content (AvgIpc) is 2.31. The maximum Gasteiger partial charge on any atom is 0.314 e. The normalized spacial score (nSPS) is 13.1. The topological polar surface area (TPSA) is 61.6 Å². The van der Waals surface area contributed by atoms with E-state index in [0.29, 0.717) is 6.07 Å². The van der Waals surface area contributed by atoms with Gasteiger partial charge in [-0.1, -0.05) is 0 Å². The van der Waals surface area contributed by atoms with Crippen molar-refractivity contribution in [1.82, 2.24) is 0 Å². The number of hydrogen-bond acceptors (Lipinski definition) is 4. The summed E-state index contributed by atoms with van der Waals surface area (Å²) in [5, 5.41) is 10.8. The summed E-state index contributed by atoms with van der Waals surface area (Å²) < 4.78 is 37.5. The molecule has 112 valence electrons. The molecule has 1 aromatic carbocycles. The lowest BCUT2D eigenvalue weighted by molar-refractivity contribution is -0.386. The van der Waals surface area contributed by atoms with Gasteiger partial charge in [-0.25, -0.2) is 4.39 Å². The van der Waals surface area contributed by atoms with Crippen molar-refractivity contribution >= 4 is 14.0 Å². The maximum absolute atomic E-state index is 13.6. The molecule has 0 radical (unpaired) electrons. The second kappa shape index (κ2) is 6.27. The Balaban J connectivity index is 2.91. The quantitative estimate of drug-likeness (QED) is 0.458. The largest absolute Gasteiger partial charge is 0.479 e. The van der Waals surface area contributed by atoms with Crippen LogP contribution in [0.4, 0.5) is 14.5 Å². The SMILES string of the molecule is CC(CO[Si](C)(C)C)Oc1c([N+](=O)[O-])ccc(F)c1F. The van der Waals surface area contributed by atoms with Crippen molar-refractivity contribution in [3.63, 3.8) is 0 Å². The van der Waals surface area contributed by atoms with Gasteiger partial charge in [0.15, 0.2) is 14.1 Å². The Kier molecular flexibility index (Phi) is 5.18. The van der Waals surface area contributed by atoms with E-state index in [-0.39, 0.29) is 6.61 Å². The summed E-state index contributed by atoms with van der Waals surface area (Å²) in [6.45, 7) is 7.62. The van der Waals surface area contributed by atoms with E-state index >= 15 is 0 Å². The zero-order valence-corrected chi connectivity index (χ0v) is 12.8. The molecule has 0 aliphatic carbocycles. The molecule has 0 aliphatic rings. The lowest BCUT2D eigenvalue weighted by Gasteiger charge is -2.21. The Morgan fingerprint density at radius 2 is 1.95 bits per heavy atom. The second-order valence-corrected chi connectivity index (χ2v) is 9.83. The van der Waals surface area contributed by atoms with Crippen LogP contribution in [0.1, 0.15) is 6.92 Å². The molecule has 0 bridgehead atoms. The molecule has 0 saturated carbocycles. The Morgan fingerprint density at radius 1 is 1.35 bits per heavy atom. The minimum absolute atomic E-state index is 0.156. The highest BCUT2D eigenvalue weighted by Crippen LogP contribution is 2.32. The van der Waals surface area contributed by atoms with Crippen LogP contribution in [0.25, 0.3) is 0 Å². The summed E-state index contributed by atoms with van der Waals surface area (Å²) in [6.07, 6.45) is -0.628. The molecule has 1 aromatic rings. The van der Waals surface area contributed by atoms with Crippen LogP contribution in [0.5, 0.6) is 5.75 Å². The first-order valence-corrected chi connectivity index (χ1v) is 9.45. The van der Waals surface area contributed by atoms with Crippen molar-refractivity contribution in [2.45, 2.75) is 32.7 Å². The molecule has 0 aromatic heterocycles. The summed E-state index contributed by atoms with van der Waals surface area (Å²) in [4.78, 5) is 9.98. The first kappa shape index (κ1) is 16.5. The molecular weight excluding hydrogens is 288 g/mol. The number of hydrogen-bond donors (Lipinski definition) is 0. The van der Waals surface area contributed by atoms with Crippen molar-refractivity contribution in [2.24, 2.45) is 0 Å². The van der Waals surface area contributed by atoms with Crippen molar-refractivity contribution in [2.75, 3.05) is 6.61 Å². The summed E-state index contributed by atoms with van der Waals surface area (Å²) in [6, 6.07) is 1.57. The van der Waals surface area contributed by atoms with Crippen LogP contribution in [0.3, 0.4) is 0 Å². The first-order chi connectivity index (χ1) is 9.11. The van der Waals surface area contributed by atoms with Crippen LogP contribution in [0, 0.1) is 21.7 Å². The van der Waals surface area contributed by atoms with Gasteiger partial charge in [0.25, 0.3) is 0 Å². The van der Waals surface area contributed by atoms with Crippen LogP contribution < -0.4 is 4.74 Å². The fourth-order valence-corrected chi connectivity index (χ4v) is 2.11. The van der Waals surface area contributed by atoms with Gasteiger partial charge >= 0.3 is 5.69 Å². The van der Waals surface area contributed by atoms with Gasteiger partial charge in [-0.2, -0.15) is 4.39 Å².